The van der Waals surface area contributed by atoms with Crippen molar-refractivity contribution in [2.75, 3.05) is 0 Å². The van der Waals surface area contributed by atoms with Gasteiger partial charge in [0.25, 0.3) is 0 Å². The lowest BCUT2D eigenvalue weighted by Gasteiger charge is -2.35. The van der Waals surface area contributed by atoms with Gasteiger partial charge in [0, 0.05) is 18.4 Å². The molecule has 0 bridgehead atoms. The van der Waals surface area contributed by atoms with E-state index in [1.54, 1.807) is 0 Å². The van der Waals surface area contributed by atoms with Crippen molar-refractivity contribution in [2.45, 2.75) is 51.2 Å². The maximum atomic E-state index is 13.0. The van der Waals surface area contributed by atoms with E-state index in [4.69, 9.17) is 5.73 Å². The van der Waals surface area contributed by atoms with E-state index in [0.717, 1.165) is 38.2 Å². The van der Waals surface area contributed by atoms with Crippen LogP contribution < -0.4 is 5.73 Å². The minimum absolute atomic E-state index is 0.138. The molecule has 1 aromatic rings. The van der Waals surface area contributed by atoms with Gasteiger partial charge in [-0.05, 0) is 36.3 Å². The van der Waals surface area contributed by atoms with Crippen molar-refractivity contribution in [1.29, 1.82) is 0 Å². The summed E-state index contributed by atoms with van der Waals surface area (Å²) in [5, 5.41) is 0. The number of hydrogen-bond donors (Lipinski definition) is 1. The predicted octanol–water partition coefficient (Wildman–Crippen LogP) is 4.07. The van der Waals surface area contributed by atoms with Gasteiger partial charge in [0.05, 0.1) is 5.56 Å². The molecule has 5 heteroatoms. The zero-order chi connectivity index (χ0) is 14.1. The predicted molar refractivity (Wildman–Crippen MR) is 67.4 cm³/mol. The van der Waals surface area contributed by atoms with Crippen molar-refractivity contribution < 1.29 is 13.2 Å². The first-order valence-corrected chi connectivity index (χ1v) is 6.67. The molecule has 0 radical (unpaired) electrons. The lowest BCUT2D eigenvalue weighted by Crippen LogP contribution is -2.33. The standard InChI is InChI=1S/C14H19F3N2/c1-2-13(6-3-4-7-13)12(18)10-9-19-8-5-11(10)14(15,16)17/h5,8-9,12H,2-4,6-7,18H2,1H3. The normalized spacial score (nSPS) is 20.5. The molecule has 0 aliphatic heterocycles. The molecule has 0 amide bonds. The molecule has 0 spiro atoms. The minimum atomic E-state index is -4.37. The Morgan fingerprint density at radius 2 is 2.00 bits per heavy atom. The van der Waals surface area contributed by atoms with Crippen LogP contribution in [0.25, 0.3) is 0 Å². The fraction of sp³-hybridized carbons (Fsp3) is 0.643. The van der Waals surface area contributed by atoms with E-state index in [1.807, 2.05) is 6.92 Å². The van der Waals surface area contributed by atoms with Gasteiger partial charge in [0.15, 0.2) is 0 Å². The number of alkyl halides is 3. The number of halogens is 3. The highest BCUT2D eigenvalue weighted by Crippen LogP contribution is 2.50. The molecule has 1 aromatic heterocycles. The summed E-state index contributed by atoms with van der Waals surface area (Å²) in [6.07, 6.45) is 2.78. The molecular formula is C14H19F3N2. The van der Waals surface area contributed by atoms with Crippen LogP contribution in [0, 0.1) is 5.41 Å². The summed E-state index contributed by atoms with van der Waals surface area (Å²) < 4.78 is 39.1. The van der Waals surface area contributed by atoms with Gasteiger partial charge < -0.3 is 5.73 Å². The molecule has 0 saturated heterocycles. The maximum absolute atomic E-state index is 13.0. The third-order valence-electron chi connectivity index (χ3n) is 4.46. The van der Waals surface area contributed by atoms with E-state index in [-0.39, 0.29) is 11.0 Å². The molecule has 1 unspecified atom stereocenters. The van der Waals surface area contributed by atoms with E-state index in [2.05, 4.69) is 4.98 Å². The Morgan fingerprint density at radius 3 is 2.53 bits per heavy atom. The molecule has 19 heavy (non-hydrogen) atoms. The van der Waals surface area contributed by atoms with Crippen LogP contribution in [0.2, 0.25) is 0 Å². The second kappa shape index (κ2) is 5.12. The summed E-state index contributed by atoms with van der Waals surface area (Å²) in [5.74, 6) is 0. The maximum Gasteiger partial charge on any atom is 0.416 e. The average molecular weight is 272 g/mol. The van der Waals surface area contributed by atoms with Crippen molar-refractivity contribution in [3.63, 3.8) is 0 Å². The number of aromatic nitrogens is 1. The zero-order valence-corrected chi connectivity index (χ0v) is 11.0. The Hall–Kier alpha value is -1.10. The molecule has 1 aliphatic rings. The summed E-state index contributed by atoms with van der Waals surface area (Å²) in [6.45, 7) is 2.01. The smallest absolute Gasteiger partial charge is 0.323 e. The van der Waals surface area contributed by atoms with Crippen LogP contribution in [-0.4, -0.2) is 4.98 Å². The summed E-state index contributed by atoms with van der Waals surface area (Å²) in [5.41, 5.74) is 5.49. The Bertz CT molecular complexity index is 437. The number of nitrogens with zero attached hydrogens (tertiary/aromatic N) is 1. The van der Waals surface area contributed by atoms with Gasteiger partial charge in [-0.15, -0.1) is 0 Å². The zero-order valence-electron chi connectivity index (χ0n) is 11.0. The monoisotopic (exact) mass is 272 g/mol. The van der Waals surface area contributed by atoms with Crippen molar-refractivity contribution in [3.8, 4) is 0 Å². The third kappa shape index (κ3) is 2.61. The van der Waals surface area contributed by atoms with Crippen LogP contribution >= 0.6 is 0 Å². The number of pyridine rings is 1. The second-order valence-electron chi connectivity index (χ2n) is 5.36. The van der Waals surface area contributed by atoms with Gasteiger partial charge in [0.2, 0.25) is 0 Å². The Morgan fingerprint density at radius 1 is 1.37 bits per heavy atom. The van der Waals surface area contributed by atoms with Gasteiger partial charge >= 0.3 is 6.18 Å². The SMILES string of the molecule is CCC1(C(N)c2cnccc2C(F)(F)F)CCCC1. The Balaban J connectivity index is 2.41. The fourth-order valence-electron chi connectivity index (χ4n) is 3.21. The van der Waals surface area contributed by atoms with Crippen molar-refractivity contribution in [3.05, 3.63) is 29.6 Å². The highest BCUT2D eigenvalue weighted by Gasteiger charge is 2.43. The van der Waals surface area contributed by atoms with E-state index >= 15 is 0 Å². The van der Waals surface area contributed by atoms with Crippen LogP contribution in [0.3, 0.4) is 0 Å². The van der Waals surface area contributed by atoms with Crippen LogP contribution in [0.4, 0.5) is 13.2 Å². The molecule has 1 aliphatic carbocycles. The molecule has 1 fully saturated rings. The molecule has 1 atom stereocenters. The van der Waals surface area contributed by atoms with E-state index < -0.39 is 17.8 Å². The Kier molecular flexibility index (Phi) is 3.85. The highest BCUT2D eigenvalue weighted by molar-refractivity contribution is 5.31. The minimum Gasteiger partial charge on any atom is -0.323 e. The third-order valence-corrected chi connectivity index (χ3v) is 4.46. The largest absolute Gasteiger partial charge is 0.416 e. The number of rotatable bonds is 3. The number of nitrogens with two attached hydrogens (primary N) is 1. The topological polar surface area (TPSA) is 38.9 Å². The van der Waals surface area contributed by atoms with Crippen LogP contribution in [0.5, 0.6) is 0 Å². The van der Waals surface area contributed by atoms with Crippen LogP contribution in [-0.2, 0) is 6.18 Å². The first kappa shape index (κ1) is 14.3. The van der Waals surface area contributed by atoms with E-state index in [1.165, 1.54) is 12.4 Å². The Labute approximate surface area is 111 Å². The average Bonchev–Trinajstić information content (AvgIpc) is 2.87. The molecule has 1 saturated carbocycles. The summed E-state index contributed by atoms with van der Waals surface area (Å²) >= 11 is 0. The van der Waals surface area contributed by atoms with Gasteiger partial charge in [-0.3, -0.25) is 4.98 Å². The molecule has 2 N–H and O–H groups in total. The van der Waals surface area contributed by atoms with Gasteiger partial charge in [-0.2, -0.15) is 13.2 Å². The molecular weight excluding hydrogens is 253 g/mol. The summed E-state index contributed by atoms with van der Waals surface area (Å²) in [6, 6.07) is 0.429. The fourth-order valence-corrected chi connectivity index (χ4v) is 3.21. The second-order valence-corrected chi connectivity index (χ2v) is 5.36. The van der Waals surface area contributed by atoms with Gasteiger partial charge in [0.1, 0.15) is 0 Å². The van der Waals surface area contributed by atoms with E-state index in [0.29, 0.717) is 0 Å². The van der Waals surface area contributed by atoms with Crippen LogP contribution in [0.1, 0.15) is 56.2 Å². The highest BCUT2D eigenvalue weighted by atomic mass is 19.4. The van der Waals surface area contributed by atoms with Crippen molar-refractivity contribution >= 4 is 0 Å². The van der Waals surface area contributed by atoms with Crippen molar-refractivity contribution in [1.82, 2.24) is 4.98 Å². The molecule has 2 nitrogen and oxygen atoms in total. The lowest BCUT2D eigenvalue weighted by molar-refractivity contribution is -0.138. The van der Waals surface area contributed by atoms with Gasteiger partial charge in [-0.1, -0.05) is 19.8 Å². The first-order valence-electron chi connectivity index (χ1n) is 6.67. The molecule has 2 rings (SSSR count). The quantitative estimate of drug-likeness (QED) is 0.900. The van der Waals surface area contributed by atoms with Crippen LogP contribution in [0.15, 0.2) is 18.5 Å². The first-order chi connectivity index (χ1) is 8.91. The molecule has 0 aromatic carbocycles. The van der Waals surface area contributed by atoms with Crippen molar-refractivity contribution in [2.24, 2.45) is 11.1 Å². The number of hydrogen-bond acceptors (Lipinski definition) is 2. The summed E-state index contributed by atoms with van der Waals surface area (Å²) in [7, 11) is 0. The van der Waals surface area contributed by atoms with Gasteiger partial charge in [-0.25, -0.2) is 0 Å². The van der Waals surface area contributed by atoms with E-state index in [9.17, 15) is 13.2 Å². The lowest BCUT2D eigenvalue weighted by atomic mass is 9.73. The summed E-state index contributed by atoms with van der Waals surface area (Å²) in [4.78, 5) is 3.84. The molecule has 1 heterocycles. The molecule has 106 valence electrons.